The molecule has 11 nitrogen and oxygen atoms in total. The van der Waals surface area contributed by atoms with E-state index < -0.39 is 41.6 Å². The fraction of sp³-hybridized carbons (Fsp3) is 0.244. The standard InChI is InChI=1S/C41H39N3O8/c1-28(45)18-23-38(46)52-34-26-37(44-25-24-36(43-40(44)48)42-39(47)29-19-21-33(49-2)22-20-29)51-35(34)27-50-41(30-12-6-3-7-13-30,31-14-8-4-9-15-31)32-16-10-5-11-17-32/h3-17,19-22,24-25,34-35,37H,18,23,26-27H2,1-2H3,(H,42,43,47,48). The third-order valence-electron chi connectivity index (χ3n) is 8.88. The molecule has 5 aromatic rings. The quantitative estimate of drug-likeness (QED) is 0.108. The second-order valence-corrected chi connectivity index (χ2v) is 12.4. The molecule has 1 fully saturated rings. The van der Waals surface area contributed by atoms with Crippen LogP contribution in [0, 0.1) is 0 Å². The maximum absolute atomic E-state index is 13.3. The van der Waals surface area contributed by atoms with Crippen LogP contribution in [-0.2, 0) is 29.4 Å². The van der Waals surface area contributed by atoms with Crippen molar-refractivity contribution in [3.63, 3.8) is 0 Å². The van der Waals surface area contributed by atoms with Crippen LogP contribution in [0.3, 0.4) is 0 Å². The third kappa shape index (κ3) is 8.17. The Morgan fingerprint density at radius 2 is 1.40 bits per heavy atom. The molecule has 52 heavy (non-hydrogen) atoms. The predicted octanol–water partition coefficient (Wildman–Crippen LogP) is 6.08. The molecule has 1 aliphatic rings. The topological polar surface area (TPSA) is 135 Å². The molecule has 11 heteroatoms. The molecule has 266 valence electrons. The van der Waals surface area contributed by atoms with E-state index >= 15 is 0 Å². The van der Waals surface area contributed by atoms with Gasteiger partial charge in [0.05, 0.1) is 20.1 Å². The van der Waals surface area contributed by atoms with Crippen LogP contribution in [0.15, 0.2) is 132 Å². The van der Waals surface area contributed by atoms with E-state index in [1.807, 2.05) is 91.0 Å². The highest BCUT2D eigenvalue weighted by Crippen LogP contribution is 2.42. The summed E-state index contributed by atoms with van der Waals surface area (Å²) < 4.78 is 25.8. The van der Waals surface area contributed by atoms with Crippen molar-refractivity contribution in [3.05, 3.63) is 160 Å². The van der Waals surface area contributed by atoms with E-state index in [1.54, 1.807) is 24.3 Å². The molecule has 3 atom stereocenters. The Bertz CT molecular complexity index is 1940. The first-order valence-electron chi connectivity index (χ1n) is 17.0. The highest BCUT2D eigenvalue weighted by Gasteiger charge is 2.44. The fourth-order valence-corrected chi connectivity index (χ4v) is 6.26. The molecule has 0 aliphatic carbocycles. The van der Waals surface area contributed by atoms with Gasteiger partial charge in [0.2, 0.25) is 0 Å². The average Bonchev–Trinajstić information content (AvgIpc) is 3.57. The Kier molecular flexibility index (Phi) is 11.3. The molecule has 1 amide bonds. The lowest BCUT2D eigenvalue weighted by atomic mass is 9.80. The van der Waals surface area contributed by atoms with Crippen LogP contribution in [0.2, 0.25) is 0 Å². The molecule has 2 heterocycles. The van der Waals surface area contributed by atoms with E-state index in [9.17, 15) is 19.2 Å². The van der Waals surface area contributed by atoms with Crippen LogP contribution in [-0.4, -0.2) is 53.1 Å². The molecular weight excluding hydrogens is 662 g/mol. The van der Waals surface area contributed by atoms with Crippen molar-refractivity contribution in [2.45, 2.75) is 50.2 Å². The van der Waals surface area contributed by atoms with Gasteiger partial charge in [-0.3, -0.25) is 14.2 Å². The normalized spacial score (nSPS) is 16.9. The number of Topliss-reactive ketones (excluding diaryl/α,β-unsaturated/α-hetero) is 1. The lowest BCUT2D eigenvalue weighted by Gasteiger charge is -2.37. The van der Waals surface area contributed by atoms with Gasteiger partial charge >= 0.3 is 11.7 Å². The largest absolute Gasteiger partial charge is 0.497 e. The second-order valence-electron chi connectivity index (χ2n) is 12.4. The van der Waals surface area contributed by atoms with Crippen LogP contribution in [0.5, 0.6) is 5.75 Å². The number of nitrogens with zero attached hydrogens (tertiary/aromatic N) is 2. The van der Waals surface area contributed by atoms with Crippen LogP contribution < -0.4 is 15.7 Å². The van der Waals surface area contributed by atoms with E-state index in [2.05, 4.69) is 10.3 Å². The van der Waals surface area contributed by atoms with Crippen molar-refractivity contribution in [1.82, 2.24) is 9.55 Å². The van der Waals surface area contributed by atoms with Gasteiger partial charge in [0.15, 0.2) is 0 Å². The number of carbonyl (C=O) groups excluding carboxylic acids is 3. The monoisotopic (exact) mass is 701 g/mol. The number of hydrogen-bond donors (Lipinski definition) is 1. The summed E-state index contributed by atoms with van der Waals surface area (Å²) in [4.78, 5) is 54.8. The van der Waals surface area contributed by atoms with Crippen LogP contribution >= 0.6 is 0 Å². The number of nitrogens with one attached hydrogen (secondary N) is 1. The van der Waals surface area contributed by atoms with Crippen molar-refractivity contribution in [3.8, 4) is 5.75 Å². The zero-order valence-corrected chi connectivity index (χ0v) is 28.8. The highest BCUT2D eigenvalue weighted by atomic mass is 16.6. The number of methoxy groups -OCH3 is 1. The molecule has 1 aromatic heterocycles. The Balaban J connectivity index is 1.28. The van der Waals surface area contributed by atoms with E-state index in [0.29, 0.717) is 11.3 Å². The SMILES string of the molecule is COc1ccc(C(=O)Nc2ccn(C3CC(OC(=O)CCC(C)=O)C(COC(c4ccccc4)(c4ccccc4)c4ccccc4)O3)c(=O)n2)cc1. The smallest absolute Gasteiger partial charge is 0.351 e. The summed E-state index contributed by atoms with van der Waals surface area (Å²) in [6.45, 7) is 1.38. The summed E-state index contributed by atoms with van der Waals surface area (Å²) in [5, 5.41) is 2.64. The number of aromatic nitrogens is 2. The molecule has 0 saturated carbocycles. The zero-order chi connectivity index (χ0) is 36.5. The summed E-state index contributed by atoms with van der Waals surface area (Å²) >= 11 is 0. The van der Waals surface area contributed by atoms with Gasteiger partial charge in [-0.1, -0.05) is 91.0 Å². The number of carbonyl (C=O) groups is 3. The Morgan fingerprint density at radius 3 is 1.92 bits per heavy atom. The Hall–Kier alpha value is -5.91. The van der Waals surface area contributed by atoms with Crippen molar-refractivity contribution < 1.29 is 33.3 Å². The number of ketones is 1. The van der Waals surface area contributed by atoms with Crippen LogP contribution in [0.1, 0.15) is 59.5 Å². The summed E-state index contributed by atoms with van der Waals surface area (Å²) in [5.41, 5.74) is 1.25. The number of anilines is 1. The van der Waals surface area contributed by atoms with Gasteiger partial charge < -0.3 is 29.1 Å². The van der Waals surface area contributed by atoms with Gasteiger partial charge in [-0.05, 0) is 53.9 Å². The number of amides is 1. The molecule has 4 aromatic carbocycles. The molecule has 0 bridgehead atoms. The highest BCUT2D eigenvalue weighted by molar-refractivity contribution is 6.03. The minimum atomic E-state index is -1.07. The summed E-state index contributed by atoms with van der Waals surface area (Å²) in [7, 11) is 1.53. The van der Waals surface area contributed by atoms with Gasteiger partial charge in [0, 0.05) is 24.6 Å². The number of ether oxygens (including phenoxy) is 4. The Morgan fingerprint density at radius 1 is 0.827 bits per heavy atom. The maximum Gasteiger partial charge on any atom is 0.351 e. The lowest BCUT2D eigenvalue weighted by Crippen LogP contribution is -2.39. The van der Waals surface area contributed by atoms with Crippen LogP contribution in [0.25, 0.3) is 0 Å². The average molecular weight is 702 g/mol. The molecule has 0 radical (unpaired) electrons. The zero-order valence-electron chi connectivity index (χ0n) is 28.8. The molecule has 3 unspecified atom stereocenters. The van der Waals surface area contributed by atoms with Gasteiger partial charge in [0.1, 0.15) is 41.4 Å². The molecular formula is C41H39N3O8. The fourth-order valence-electron chi connectivity index (χ4n) is 6.26. The number of benzene rings is 4. The molecule has 1 saturated heterocycles. The maximum atomic E-state index is 13.3. The van der Waals surface area contributed by atoms with Crippen molar-refractivity contribution in [2.75, 3.05) is 19.0 Å². The van der Waals surface area contributed by atoms with Gasteiger partial charge in [-0.25, -0.2) is 4.79 Å². The van der Waals surface area contributed by atoms with Gasteiger partial charge in [-0.2, -0.15) is 4.98 Å². The minimum Gasteiger partial charge on any atom is -0.497 e. The van der Waals surface area contributed by atoms with Gasteiger partial charge in [-0.15, -0.1) is 0 Å². The second kappa shape index (κ2) is 16.4. The summed E-state index contributed by atoms with van der Waals surface area (Å²) in [6, 6.07) is 37.5. The van der Waals surface area contributed by atoms with Crippen molar-refractivity contribution in [2.24, 2.45) is 0 Å². The summed E-state index contributed by atoms with van der Waals surface area (Å²) in [5.74, 6) is -0.473. The number of rotatable bonds is 14. The van der Waals surface area contributed by atoms with Crippen molar-refractivity contribution >= 4 is 23.5 Å². The molecule has 1 N–H and O–H groups in total. The van der Waals surface area contributed by atoms with Crippen molar-refractivity contribution in [1.29, 1.82) is 0 Å². The number of esters is 1. The minimum absolute atomic E-state index is 0.0297. The molecule has 6 rings (SSSR count). The predicted molar refractivity (Wildman–Crippen MR) is 193 cm³/mol. The first kappa shape index (κ1) is 35.9. The summed E-state index contributed by atoms with van der Waals surface area (Å²) in [6.07, 6.45) is -0.934. The molecule has 0 spiro atoms. The Labute approximate surface area is 301 Å². The molecule has 1 aliphatic heterocycles. The first-order valence-corrected chi connectivity index (χ1v) is 17.0. The number of hydrogen-bond acceptors (Lipinski definition) is 9. The first-order chi connectivity index (χ1) is 25.3. The van der Waals surface area contributed by atoms with E-state index in [4.69, 9.17) is 18.9 Å². The van der Waals surface area contributed by atoms with E-state index in [0.717, 1.165) is 16.7 Å². The lowest BCUT2D eigenvalue weighted by molar-refractivity contribution is -0.156. The van der Waals surface area contributed by atoms with Gasteiger partial charge in [0.25, 0.3) is 5.91 Å². The third-order valence-corrected chi connectivity index (χ3v) is 8.88. The van der Waals surface area contributed by atoms with Crippen LogP contribution in [0.4, 0.5) is 5.82 Å². The van der Waals surface area contributed by atoms with E-state index in [1.165, 1.54) is 30.9 Å². The van der Waals surface area contributed by atoms with E-state index in [-0.39, 0.29) is 37.5 Å².